The molecule has 0 aliphatic heterocycles. The predicted octanol–water partition coefficient (Wildman–Crippen LogP) is 3.16. The number of benzene rings is 1. The lowest BCUT2D eigenvalue weighted by Crippen LogP contribution is -2.09. The molecule has 0 spiro atoms. The quantitative estimate of drug-likeness (QED) is 0.800. The number of ether oxygens (including phenoxy) is 1. The van der Waals surface area contributed by atoms with Crippen molar-refractivity contribution in [1.82, 2.24) is 0 Å². The highest BCUT2D eigenvalue weighted by molar-refractivity contribution is 7.13. The van der Waals surface area contributed by atoms with Crippen LogP contribution in [-0.4, -0.2) is 18.2 Å². The van der Waals surface area contributed by atoms with E-state index in [0.717, 1.165) is 4.88 Å². The van der Waals surface area contributed by atoms with Crippen molar-refractivity contribution in [3.8, 4) is 16.4 Å². The molecule has 0 atom stereocenters. The summed E-state index contributed by atoms with van der Waals surface area (Å²) in [5.74, 6) is -0.529. The van der Waals surface area contributed by atoms with Crippen LogP contribution < -0.4 is 10.2 Å². The van der Waals surface area contributed by atoms with Crippen LogP contribution in [0, 0.1) is 0 Å². The minimum absolute atomic E-state index is 0.127. The van der Waals surface area contributed by atoms with Crippen molar-refractivity contribution in [3.05, 3.63) is 51.5 Å². The molecular weight excluding hydrogens is 304 g/mol. The molecule has 0 bridgehead atoms. The lowest BCUT2D eigenvalue weighted by atomic mass is 10.1. The molecule has 0 aliphatic rings. The lowest BCUT2D eigenvalue weighted by Gasteiger charge is -2.09. The van der Waals surface area contributed by atoms with Crippen molar-refractivity contribution in [3.63, 3.8) is 0 Å². The average Bonchev–Trinajstić information content (AvgIpc) is 3.01. The molecule has 3 aromatic rings. The SMILES string of the molecule is COc1c(-c2cccs2)oc2c(CC(=O)O)cccc2c1=O. The highest BCUT2D eigenvalue weighted by Gasteiger charge is 2.19. The first-order valence-corrected chi connectivity index (χ1v) is 7.38. The zero-order valence-electron chi connectivity index (χ0n) is 11.7. The van der Waals surface area contributed by atoms with E-state index in [1.165, 1.54) is 18.4 Å². The fourth-order valence-corrected chi connectivity index (χ4v) is 3.02. The van der Waals surface area contributed by atoms with Gasteiger partial charge in [0.15, 0.2) is 5.76 Å². The minimum Gasteiger partial charge on any atom is -0.490 e. The molecule has 1 aromatic carbocycles. The first-order chi connectivity index (χ1) is 10.6. The van der Waals surface area contributed by atoms with Gasteiger partial charge in [-0.15, -0.1) is 11.3 Å². The Kier molecular flexibility index (Phi) is 3.68. The standard InChI is InChI=1S/C16H12O5S/c1-20-16-13(19)10-5-2-4-9(8-12(17)18)14(10)21-15(16)11-6-3-7-22-11/h2-7H,8H2,1H3,(H,17,18). The summed E-state index contributed by atoms with van der Waals surface area (Å²) >= 11 is 1.41. The van der Waals surface area contributed by atoms with E-state index in [4.69, 9.17) is 14.3 Å². The number of hydrogen-bond donors (Lipinski definition) is 1. The molecule has 0 unspecified atom stereocenters. The molecular formula is C16H12O5S. The van der Waals surface area contributed by atoms with Crippen LogP contribution >= 0.6 is 11.3 Å². The van der Waals surface area contributed by atoms with Crippen LogP contribution in [0.15, 0.2) is 44.9 Å². The molecule has 5 nitrogen and oxygen atoms in total. The van der Waals surface area contributed by atoms with Crippen molar-refractivity contribution in [2.24, 2.45) is 0 Å². The van der Waals surface area contributed by atoms with Crippen LogP contribution in [0.5, 0.6) is 5.75 Å². The van der Waals surface area contributed by atoms with Gasteiger partial charge in [-0.05, 0) is 17.5 Å². The van der Waals surface area contributed by atoms with Crippen LogP contribution in [0.3, 0.4) is 0 Å². The van der Waals surface area contributed by atoms with E-state index in [1.54, 1.807) is 18.2 Å². The van der Waals surface area contributed by atoms with Crippen molar-refractivity contribution < 1.29 is 19.1 Å². The monoisotopic (exact) mass is 316 g/mol. The van der Waals surface area contributed by atoms with Crippen molar-refractivity contribution in [2.75, 3.05) is 7.11 Å². The van der Waals surface area contributed by atoms with Crippen molar-refractivity contribution in [1.29, 1.82) is 0 Å². The van der Waals surface area contributed by atoms with Gasteiger partial charge in [0.1, 0.15) is 5.58 Å². The van der Waals surface area contributed by atoms with Gasteiger partial charge in [-0.3, -0.25) is 9.59 Å². The number of thiophene rings is 1. The summed E-state index contributed by atoms with van der Waals surface area (Å²) in [6.45, 7) is 0. The second-order valence-electron chi connectivity index (χ2n) is 4.64. The Morgan fingerprint density at radius 1 is 1.32 bits per heavy atom. The molecule has 112 valence electrons. The number of methoxy groups -OCH3 is 1. The first kappa shape index (κ1) is 14.3. The van der Waals surface area contributed by atoms with Crippen LogP contribution in [0.2, 0.25) is 0 Å². The third-order valence-corrected chi connectivity index (χ3v) is 4.12. The molecule has 3 rings (SSSR count). The zero-order chi connectivity index (χ0) is 15.7. The van der Waals surface area contributed by atoms with E-state index in [-0.39, 0.29) is 17.6 Å². The van der Waals surface area contributed by atoms with Gasteiger partial charge in [0, 0.05) is 5.56 Å². The van der Waals surface area contributed by atoms with E-state index in [2.05, 4.69) is 0 Å². The predicted molar refractivity (Wildman–Crippen MR) is 83.7 cm³/mol. The van der Waals surface area contributed by atoms with Crippen molar-refractivity contribution in [2.45, 2.75) is 6.42 Å². The van der Waals surface area contributed by atoms with Crippen LogP contribution in [0.25, 0.3) is 21.6 Å². The maximum absolute atomic E-state index is 12.6. The third kappa shape index (κ3) is 2.37. The number of carbonyl (C=O) groups is 1. The van der Waals surface area contributed by atoms with Crippen molar-refractivity contribution >= 4 is 28.3 Å². The summed E-state index contributed by atoms with van der Waals surface area (Å²) in [4.78, 5) is 24.3. The zero-order valence-corrected chi connectivity index (χ0v) is 12.5. The maximum Gasteiger partial charge on any atom is 0.307 e. The molecule has 2 heterocycles. The first-order valence-electron chi connectivity index (χ1n) is 6.50. The number of hydrogen-bond acceptors (Lipinski definition) is 5. The number of carboxylic acids is 1. The number of para-hydroxylation sites is 1. The van der Waals surface area contributed by atoms with Gasteiger partial charge in [0.05, 0.1) is 23.8 Å². The second kappa shape index (κ2) is 5.65. The Balaban J connectivity index is 2.36. The fourth-order valence-electron chi connectivity index (χ4n) is 2.32. The number of rotatable bonds is 4. The lowest BCUT2D eigenvalue weighted by molar-refractivity contribution is -0.136. The summed E-state index contributed by atoms with van der Waals surface area (Å²) in [6.07, 6.45) is -0.212. The molecule has 0 radical (unpaired) electrons. The Labute approximate surface area is 129 Å². The van der Waals surface area contributed by atoms with Gasteiger partial charge in [-0.25, -0.2) is 0 Å². The van der Waals surface area contributed by atoms with E-state index < -0.39 is 5.97 Å². The molecule has 2 aromatic heterocycles. The van der Waals surface area contributed by atoms with Gasteiger partial charge in [0.25, 0.3) is 0 Å². The van der Waals surface area contributed by atoms with E-state index in [1.807, 2.05) is 17.5 Å². The van der Waals surface area contributed by atoms with E-state index in [9.17, 15) is 9.59 Å². The second-order valence-corrected chi connectivity index (χ2v) is 5.58. The number of aliphatic carboxylic acids is 1. The molecule has 1 N–H and O–H groups in total. The summed E-state index contributed by atoms with van der Waals surface area (Å²) in [5.41, 5.74) is 0.445. The molecule has 0 amide bonds. The Morgan fingerprint density at radius 2 is 2.14 bits per heavy atom. The molecule has 0 saturated heterocycles. The Bertz CT molecular complexity index is 893. The van der Waals surface area contributed by atoms with Gasteiger partial charge >= 0.3 is 5.97 Å². The normalized spacial score (nSPS) is 10.8. The Morgan fingerprint density at radius 3 is 2.77 bits per heavy atom. The highest BCUT2D eigenvalue weighted by Crippen LogP contribution is 2.34. The highest BCUT2D eigenvalue weighted by atomic mass is 32.1. The van der Waals surface area contributed by atoms with Gasteiger partial charge in [-0.2, -0.15) is 0 Å². The third-order valence-electron chi connectivity index (χ3n) is 3.25. The minimum atomic E-state index is -0.983. The summed E-state index contributed by atoms with van der Waals surface area (Å²) in [5, 5.41) is 11.2. The molecule has 0 fully saturated rings. The van der Waals surface area contributed by atoms with E-state index in [0.29, 0.717) is 22.3 Å². The topological polar surface area (TPSA) is 76.7 Å². The van der Waals surface area contributed by atoms with Gasteiger partial charge < -0.3 is 14.3 Å². The van der Waals surface area contributed by atoms with Crippen LogP contribution in [-0.2, 0) is 11.2 Å². The van der Waals surface area contributed by atoms with Gasteiger partial charge in [-0.1, -0.05) is 18.2 Å². The van der Waals surface area contributed by atoms with Crippen LogP contribution in [0.4, 0.5) is 0 Å². The largest absolute Gasteiger partial charge is 0.490 e. The van der Waals surface area contributed by atoms with E-state index >= 15 is 0 Å². The number of carboxylic acid groups (broad SMARTS) is 1. The summed E-state index contributed by atoms with van der Waals surface area (Å²) < 4.78 is 11.1. The summed E-state index contributed by atoms with van der Waals surface area (Å²) in [7, 11) is 1.41. The Hall–Kier alpha value is -2.60. The fraction of sp³-hybridized carbons (Fsp3) is 0.125. The average molecular weight is 316 g/mol. The molecule has 0 aliphatic carbocycles. The van der Waals surface area contributed by atoms with Gasteiger partial charge in [0.2, 0.25) is 11.2 Å². The summed E-state index contributed by atoms with van der Waals surface area (Å²) in [6, 6.07) is 8.54. The number of fused-ring (bicyclic) bond motifs is 1. The molecule has 22 heavy (non-hydrogen) atoms. The maximum atomic E-state index is 12.6. The van der Waals surface area contributed by atoms with Crippen LogP contribution in [0.1, 0.15) is 5.56 Å². The smallest absolute Gasteiger partial charge is 0.307 e. The molecule has 6 heteroatoms. The molecule has 0 saturated carbocycles.